The lowest BCUT2D eigenvalue weighted by molar-refractivity contribution is -0.137. The molecule has 0 amide bonds. The zero-order valence-corrected chi connectivity index (χ0v) is 18.1. The molecule has 0 bridgehead atoms. The van der Waals surface area contributed by atoms with Gasteiger partial charge in [-0.3, -0.25) is 0 Å². The summed E-state index contributed by atoms with van der Waals surface area (Å²) in [6, 6.07) is 24.9. The van der Waals surface area contributed by atoms with Crippen LogP contribution in [0, 0.1) is 19.3 Å². The molecule has 0 unspecified atom stereocenters. The number of fused-ring (bicyclic) bond motifs is 1. The third-order valence-corrected chi connectivity index (χ3v) is 5.57. The molecule has 0 fully saturated rings. The van der Waals surface area contributed by atoms with E-state index in [0.29, 0.717) is 11.1 Å². The highest BCUT2D eigenvalue weighted by Gasteiger charge is 2.32. The van der Waals surface area contributed by atoms with E-state index < -0.39 is 17.6 Å². The molecule has 2 radical (unpaired) electrons. The molecular weight excluding hydrogens is 440 g/mol. The standard InChI is InChI=1S/C28H18F4N2/c1-18-5-2-6-21(15-18)19-11-13-20(14-12-19)27-33-26-22(7-3-10-25(26)29)17-34(27)24-9-4-8-23(16-24)28(30,31)32/h2-16H,1H3. The topological polar surface area (TPSA) is 15.6 Å². The highest BCUT2D eigenvalue weighted by Crippen LogP contribution is 2.37. The first-order valence-electron chi connectivity index (χ1n) is 10.6. The highest BCUT2D eigenvalue weighted by atomic mass is 19.4. The summed E-state index contributed by atoms with van der Waals surface area (Å²) in [6.07, 6.45) is -4.50. The fourth-order valence-electron chi connectivity index (χ4n) is 3.89. The van der Waals surface area contributed by atoms with E-state index in [-0.39, 0.29) is 17.2 Å². The summed E-state index contributed by atoms with van der Waals surface area (Å²) in [6.45, 7) is 5.04. The normalized spacial score (nSPS) is 13.4. The van der Waals surface area contributed by atoms with E-state index in [0.717, 1.165) is 28.8 Å². The predicted molar refractivity (Wildman–Crippen MR) is 125 cm³/mol. The first-order chi connectivity index (χ1) is 16.3. The largest absolute Gasteiger partial charge is 0.416 e. The summed E-state index contributed by atoms with van der Waals surface area (Å²) in [4.78, 5) is 5.95. The summed E-state index contributed by atoms with van der Waals surface area (Å²) < 4.78 is 54.6. The molecule has 4 aromatic rings. The van der Waals surface area contributed by atoms with E-state index in [9.17, 15) is 17.6 Å². The molecule has 0 saturated carbocycles. The molecule has 1 aliphatic heterocycles. The molecule has 1 heterocycles. The van der Waals surface area contributed by atoms with Gasteiger partial charge in [-0.15, -0.1) is 0 Å². The van der Waals surface area contributed by atoms with E-state index >= 15 is 0 Å². The molecule has 6 heteroatoms. The first kappa shape index (κ1) is 21.9. The van der Waals surface area contributed by atoms with Crippen molar-refractivity contribution in [1.82, 2.24) is 0 Å². The Bertz CT molecular complexity index is 1390. The monoisotopic (exact) mass is 458 g/mol. The average Bonchev–Trinajstić information content (AvgIpc) is 2.83. The van der Waals surface area contributed by atoms with Gasteiger partial charge >= 0.3 is 6.18 Å². The van der Waals surface area contributed by atoms with Crippen molar-refractivity contribution in [2.75, 3.05) is 4.90 Å². The summed E-state index contributed by atoms with van der Waals surface area (Å²) in [7, 11) is 0. The maximum Gasteiger partial charge on any atom is 0.416 e. The maximum absolute atomic E-state index is 14.5. The third kappa shape index (κ3) is 4.19. The quantitative estimate of drug-likeness (QED) is 0.286. The smallest absolute Gasteiger partial charge is 0.310 e. The zero-order valence-electron chi connectivity index (χ0n) is 18.1. The van der Waals surface area contributed by atoms with Crippen molar-refractivity contribution < 1.29 is 17.6 Å². The lowest BCUT2D eigenvalue weighted by Gasteiger charge is -2.30. The van der Waals surface area contributed by atoms with E-state index in [2.05, 4.69) is 17.6 Å². The fraction of sp³-hybridized carbons (Fsp3) is 0.0714. The number of anilines is 1. The van der Waals surface area contributed by atoms with Crippen LogP contribution in [0.3, 0.4) is 0 Å². The van der Waals surface area contributed by atoms with Gasteiger partial charge in [0, 0.05) is 16.8 Å². The van der Waals surface area contributed by atoms with Crippen molar-refractivity contribution in [3.8, 4) is 11.1 Å². The van der Waals surface area contributed by atoms with E-state index in [1.807, 2.05) is 49.4 Å². The Morgan fingerprint density at radius 3 is 2.21 bits per heavy atom. The van der Waals surface area contributed by atoms with Crippen LogP contribution in [0.1, 0.15) is 22.3 Å². The van der Waals surface area contributed by atoms with Gasteiger partial charge in [0.25, 0.3) is 0 Å². The van der Waals surface area contributed by atoms with Crippen LogP contribution in [0.25, 0.3) is 11.1 Å². The van der Waals surface area contributed by atoms with Gasteiger partial charge in [0.1, 0.15) is 23.9 Å². The number of hydrogen-bond acceptors (Lipinski definition) is 2. The van der Waals surface area contributed by atoms with Crippen molar-refractivity contribution in [3.63, 3.8) is 0 Å². The number of aliphatic imine (C=N–C) groups is 1. The average molecular weight is 458 g/mol. The lowest BCUT2D eigenvalue weighted by Crippen LogP contribution is -2.32. The van der Waals surface area contributed by atoms with Crippen LogP contribution >= 0.6 is 0 Å². The Hall–Kier alpha value is -3.93. The number of aryl methyl sites for hydroxylation is 1. The molecular formula is C28H18F4N2. The van der Waals surface area contributed by atoms with Crippen LogP contribution in [0.2, 0.25) is 0 Å². The third-order valence-electron chi connectivity index (χ3n) is 5.57. The fourth-order valence-corrected chi connectivity index (χ4v) is 3.89. The summed E-state index contributed by atoms with van der Waals surface area (Å²) in [5.41, 5.74) is 3.68. The van der Waals surface area contributed by atoms with Gasteiger partial charge in [-0.2, -0.15) is 13.2 Å². The molecule has 4 aromatic carbocycles. The Morgan fingerprint density at radius 2 is 1.47 bits per heavy atom. The van der Waals surface area contributed by atoms with Crippen LogP contribution in [0.5, 0.6) is 0 Å². The maximum atomic E-state index is 14.5. The number of nitrogens with zero attached hydrogens (tertiary/aromatic N) is 2. The predicted octanol–water partition coefficient (Wildman–Crippen LogP) is 7.81. The van der Waals surface area contributed by atoms with Gasteiger partial charge in [-0.1, -0.05) is 72.3 Å². The van der Waals surface area contributed by atoms with Crippen molar-refractivity contribution in [2.24, 2.45) is 4.99 Å². The molecule has 34 heavy (non-hydrogen) atoms. The Labute approximate surface area is 194 Å². The van der Waals surface area contributed by atoms with Crippen molar-refractivity contribution >= 4 is 17.2 Å². The minimum atomic E-state index is -4.50. The Morgan fingerprint density at radius 1 is 0.765 bits per heavy atom. The second kappa shape index (κ2) is 8.45. The van der Waals surface area contributed by atoms with Gasteiger partial charge in [-0.25, -0.2) is 9.38 Å². The van der Waals surface area contributed by atoms with Crippen molar-refractivity contribution in [2.45, 2.75) is 13.1 Å². The van der Waals surface area contributed by atoms with Gasteiger partial charge in [0.15, 0.2) is 0 Å². The number of alkyl halides is 3. The minimum absolute atomic E-state index is 0.100. The number of hydrogen-bond donors (Lipinski definition) is 0. The Kier molecular flexibility index (Phi) is 5.44. The molecule has 0 atom stereocenters. The molecule has 1 aliphatic rings. The van der Waals surface area contributed by atoms with Crippen molar-refractivity contribution in [3.05, 3.63) is 126 Å². The second-order valence-electron chi connectivity index (χ2n) is 8.01. The number of halogens is 4. The van der Waals surface area contributed by atoms with Gasteiger partial charge in [0.05, 0.1) is 5.56 Å². The van der Waals surface area contributed by atoms with Gasteiger partial charge < -0.3 is 4.90 Å². The Balaban J connectivity index is 1.60. The molecule has 0 aliphatic carbocycles. The van der Waals surface area contributed by atoms with Gasteiger partial charge in [0.2, 0.25) is 0 Å². The van der Waals surface area contributed by atoms with Crippen LogP contribution in [-0.4, -0.2) is 5.84 Å². The molecule has 0 spiro atoms. The number of amidine groups is 1. The van der Waals surface area contributed by atoms with E-state index in [1.54, 1.807) is 12.1 Å². The molecule has 0 N–H and O–H groups in total. The minimum Gasteiger partial charge on any atom is -0.310 e. The van der Waals surface area contributed by atoms with E-state index in [4.69, 9.17) is 0 Å². The first-order valence-corrected chi connectivity index (χ1v) is 10.6. The lowest BCUT2D eigenvalue weighted by atomic mass is 10.0. The number of rotatable bonds is 3. The molecule has 5 rings (SSSR count). The second-order valence-corrected chi connectivity index (χ2v) is 8.01. The molecule has 0 saturated heterocycles. The van der Waals surface area contributed by atoms with E-state index in [1.165, 1.54) is 23.1 Å². The number of benzene rings is 4. The summed E-state index contributed by atoms with van der Waals surface area (Å²) in [5, 5.41) is 0. The molecule has 2 nitrogen and oxygen atoms in total. The zero-order chi connectivity index (χ0) is 23.9. The SMILES string of the molecule is Cc1cccc(-c2ccc(C3=Nc4c(F)cccc4[C]N3c3cccc(C(F)(F)F)c3)cc2)c1. The van der Waals surface area contributed by atoms with Crippen LogP contribution < -0.4 is 4.90 Å². The van der Waals surface area contributed by atoms with Crippen LogP contribution in [0.15, 0.2) is 96.0 Å². The highest BCUT2D eigenvalue weighted by molar-refractivity contribution is 6.13. The van der Waals surface area contributed by atoms with Gasteiger partial charge in [-0.05, 0) is 42.3 Å². The molecule has 168 valence electrons. The number of para-hydroxylation sites is 1. The summed E-state index contributed by atoms with van der Waals surface area (Å²) >= 11 is 0. The molecule has 0 aromatic heterocycles. The van der Waals surface area contributed by atoms with Crippen molar-refractivity contribution in [1.29, 1.82) is 0 Å². The summed E-state index contributed by atoms with van der Waals surface area (Å²) in [5.74, 6) is -0.240. The van der Waals surface area contributed by atoms with Crippen LogP contribution in [0.4, 0.5) is 28.9 Å². The van der Waals surface area contributed by atoms with Crippen LogP contribution in [-0.2, 0) is 6.18 Å².